The first-order valence-electron chi connectivity index (χ1n) is 7.70. The van der Waals surface area contributed by atoms with E-state index in [1.807, 2.05) is 23.1 Å². The van der Waals surface area contributed by atoms with Crippen LogP contribution in [0.3, 0.4) is 0 Å². The highest BCUT2D eigenvalue weighted by atomic mass is 32.1. The zero-order valence-corrected chi connectivity index (χ0v) is 14.2. The standard InChI is InChI=1S/C18H20N2O2S/c1-13(21)15-10-17(23-12-15)18(22)20-9-8-19(2)11-16(20)14-6-4-3-5-7-14/h3-7,10,12,16H,8-9,11H2,1-2H3. The van der Waals surface area contributed by atoms with Gasteiger partial charge in [0.1, 0.15) is 0 Å². The number of hydrogen-bond acceptors (Lipinski definition) is 4. The van der Waals surface area contributed by atoms with Crippen molar-refractivity contribution in [2.45, 2.75) is 13.0 Å². The summed E-state index contributed by atoms with van der Waals surface area (Å²) in [6.07, 6.45) is 0. The van der Waals surface area contributed by atoms with E-state index in [9.17, 15) is 9.59 Å². The Bertz CT molecular complexity index is 711. The van der Waals surface area contributed by atoms with Crippen LogP contribution in [0.4, 0.5) is 0 Å². The zero-order valence-electron chi connectivity index (χ0n) is 13.4. The number of carbonyl (C=O) groups is 2. The van der Waals surface area contributed by atoms with Crippen LogP contribution in [0.15, 0.2) is 41.8 Å². The van der Waals surface area contributed by atoms with Crippen LogP contribution >= 0.6 is 11.3 Å². The lowest BCUT2D eigenvalue weighted by atomic mass is 10.0. The second kappa shape index (κ2) is 6.64. The number of likely N-dealkylation sites (N-methyl/N-ethyl adjacent to an activating group) is 1. The molecule has 0 N–H and O–H groups in total. The first-order valence-corrected chi connectivity index (χ1v) is 8.58. The Morgan fingerprint density at radius 1 is 1.17 bits per heavy atom. The fourth-order valence-electron chi connectivity index (χ4n) is 2.90. The van der Waals surface area contributed by atoms with Gasteiger partial charge in [0.05, 0.1) is 10.9 Å². The molecule has 5 heteroatoms. The Kier molecular flexibility index (Phi) is 4.59. The number of hydrogen-bond donors (Lipinski definition) is 0. The van der Waals surface area contributed by atoms with Crippen LogP contribution in [-0.2, 0) is 0 Å². The van der Waals surface area contributed by atoms with E-state index < -0.39 is 0 Å². The molecule has 1 atom stereocenters. The summed E-state index contributed by atoms with van der Waals surface area (Å²) in [5.74, 6) is 0.0164. The van der Waals surface area contributed by atoms with Gasteiger partial charge in [0.25, 0.3) is 5.91 Å². The highest BCUT2D eigenvalue weighted by Crippen LogP contribution is 2.28. The van der Waals surface area contributed by atoms with Crippen LogP contribution in [0.25, 0.3) is 0 Å². The van der Waals surface area contributed by atoms with Crippen molar-refractivity contribution in [2.75, 3.05) is 26.7 Å². The second-order valence-corrected chi connectivity index (χ2v) is 6.85. The molecule has 1 aliphatic heterocycles. The highest BCUT2D eigenvalue weighted by Gasteiger charge is 2.31. The van der Waals surface area contributed by atoms with Crippen LogP contribution in [0.2, 0.25) is 0 Å². The average molecular weight is 328 g/mol. The van der Waals surface area contributed by atoms with E-state index in [4.69, 9.17) is 0 Å². The van der Waals surface area contributed by atoms with E-state index in [0.29, 0.717) is 17.0 Å². The van der Waals surface area contributed by atoms with Crippen molar-refractivity contribution in [1.82, 2.24) is 9.80 Å². The molecule has 1 amide bonds. The van der Waals surface area contributed by atoms with E-state index in [1.54, 1.807) is 11.4 Å². The molecule has 2 aromatic rings. The summed E-state index contributed by atoms with van der Waals surface area (Å²) in [5.41, 5.74) is 1.76. The fraction of sp³-hybridized carbons (Fsp3) is 0.333. The van der Waals surface area contributed by atoms with Crippen molar-refractivity contribution in [3.63, 3.8) is 0 Å². The van der Waals surface area contributed by atoms with E-state index in [1.165, 1.54) is 18.3 Å². The highest BCUT2D eigenvalue weighted by molar-refractivity contribution is 7.12. The lowest BCUT2D eigenvalue weighted by Gasteiger charge is -2.40. The average Bonchev–Trinajstić information content (AvgIpc) is 3.05. The minimum absolute atomic E-state index is 0.00159. The number of thiophene rings is 1. The van der Waals surface area contributed by atoms with Crippen LogP contribution in [0, 0.1) is 0 Å². The fourth-order valence-corrected chi connectivity index (χ4v) is 3.80. The lowest BCUT2D eigenvalue weighted by molar-refractivity contribution is 0.0503. The molecule has 3 rings (SSSR count). The minimum atomic E-state index is -0.00159. The van der Waals surface area contributed by atoms with E-state index in [0.717, 1.165) is 18.7 Å². The molecule has 0 radical (unpaired) electrons. The molecule has 1 unspecified atom stereocenters. The number of Topliss-reactive ketones (excluding diaryl/α,β-unsaturated/α-hetero) is 1. The van der Waals surface area contributed by atoms with Crippen molar-refractivity contribution in [3.05, 3.63) is 57.8 Å². The Morgan fingerprint density at radius 2 is 1.91 bits per heavy atom. The molecule has 1 aliphatic rings. The lowest BCUT2D eigenvalue weighted by Crippen LogP contribution is -2.49. The maximum absolute atomic E-state index is 12.9. The first kappa shape index (κ1) is 15.9. The predicted octanol–water partition coefficient (Wildman–Crippen LogP) is 3.08. The van der Waals surface area contributed by atoms with Crippen molar-refractivity contribution in [2.24, 2.45) is 0 Å². The molecular weight excluding hydrogens is 308 g/mol. The van der Waals surface area contributed by atoms with Crippen molar-refractivity contribution < 1.29 is 9.59 Å². The van der Waals surface area contributed by atoms with Crippen molar-refractivity contribution >= 4 is 23.0 Å². The van der Waals surface area contributed by atoms with Crippen LogP contribution in [0.5, 0.6) is 0 Å². The summed E-state index contributed by atoms with van der Waals surface area (Å²) in [7, 11) is 2.08. The number of nitrogens with zero attached hydrogens (tertiary/aromatic N) is 2. The quantitative estimate of drug-likeness (QED) is 0.813. The summed E-state index contributed by atoms with van der Waals surface area (Å²) in [6, 6.07) is 11.9. The molecule has 2 heterocycles. The summed E-state index contributed by atoms with van der Waals surface area (Å²) in [6.45, 7) is 3.90. The van der Waals surface area contributed by atoms with Gasteiger partial charge < -0.3 is 9.80 Å². The van der Waals surface area contributed by atoms with E-state index in [2.05, 4.69) is 24.1 Å². The largest absolute Gasteiger partial charge is 0.328 e. The molecule has 1 saturated heterocycles. The number of piperazine rings is 1. The van der Waals surface area contributed by atoms with E-state index in [-0.39, 0.29) is 17.7 Å². The number of ketones is 1. The third-order valence-electron chi connectivity index (χ3n) is 4.25. The van der Waals surface area contributed by atoms with Gasteiger partial charge >= 0.3 is 0 Å². The number of rotatable bonds is 3. The van der Waals surface area contributed by atoms with Gasteiger partial charge in [0, 0.05) is 30.6 Å². The van der Waals surface area contributed by atoms with Gasteiger partial charge in [-0.05, 0) is 25.6 Å². The van der Waals surface area contributed by atoms with Gasteiger partial charge in [0.2, 0.25) is 0 Å². The van der Waals surface area contributed by atoms with Crippen LogP contribution < -0.4 is 0 Å². The normalized spacial score (nSPS) is 18.9. The molecule has 0 bridgehead atoms. The van der Waals surface area contributed by atoms with Gasteiger partial charge in [-0.25, -0.2) is 0 Å². The Hall–Kier alpha value is -1.98. The predicted molar refractivity (Wildman–Crippen MR) is 92.0 cm³/mol. The molecule has 23 heavy (non-hydrogen) atoms. The van der Waals surface area contributed by atoms with Crippen LogP contribution in [0.1, 0.15) is 38.6 Å². The molecule has 0 aliphatic carbocycles. The molecule has 120 valence electrons. The molecule has 1 aromatic carbocycles. The third-order valence-corrected chi connectivity index (χ3v) is 5.16. The smallest absolute Gasteiger partial charge is 0.264 e. The Labute approximate surface area is 140 Å². The molecule has 1 aromatic heterocycles. The SMILES string of the molecule is CC(=O)c1csc(C(=O)N2CCN(C)CC2c2ccccc2)c1. The summed E-state index contributed by atoms with van der Waals surface area (Å²) < 4.78 is 0. The first-order chi connectivity index (χ1) is 11.1. The van der Waals surface area contributed by atoms with Gasteiger partial charge in [-0.2, -0.15) is 0 Å². The zero-order chi connectivity index (χ0) is 16.4. The van der Waals surface area contributed by atoms with Crippen molar-refractivity contribution in [3.8, 4) is 0 Å². The van der Waals surface area contributed by atoms with Gasteiger partial charge in [-0.1, -0.05) is 30.3 Å². The topological polar surface area (TPSA) is 40.6 Å². The Balaban J connectivity index is 1.88. The molecule has 4 nitrogen and oxygen atoms in total. The van der Waals surface area contributed by atoms with Gasteiger partial charge in [0.15, 0.2) is 5.78 Å². The van der Waals surface area contributed by atoms with Crippen molar-refractivity contribution in [1.29, 1.82) is 0 Å². The molecule has 0 saturated carbocycles. The third kappa shape index (κ3) is 3.35. The number of carbonyl (C=O) groups excluding carboxylic acids is 2. The van der Waals surface area contributed by atoms with Crippen LogP contribution in [-0.4, -0.2) is 48.2 Å². The van der Waals surface area contributed by atoms with Gasteiger partial charge in [-0.15, -0.1) is 11.3 Å². The second-order valence-electron chi connectivity index (χ2n) is 5.94. The summed E-state index contributed by atoms with van der Waals surface area (Å²) in [4.78, 5) is 29.2. The Morgan fingerprint density at radius 3 is 2.57 bits per heavy atom. The molecular formula is C18H20N2O2S. The maximum atomic E-state index is 12.9. The summed E-state index contributed by atoms with van der Waals surface area (Å²) in [5, 5.41) is 1.77. The number of amides is 1. The maximum Gasteiger partial charge on any atom is 0.264 e. The summed E-state index contributed by atoms with van der Waals surface area (Å²) >= 11 is 1.35. The minimum Gasteiger partial charge on any atom is -0.328 e. The number of benzene rings is 1. The molecule has 1 fully saturated rings. The van der Waals surface area contributed by atoms with Gasteiger partial charge in [-0.3, -0.25) is 9.59 Å². The monoisotopic (exact) mass is 328 g/mol. The molecule has 0 spiro atoms. The van der Waals surface area contributed by atoms with E-state index >= 15 is 0 Å².